The molecular formula is C13H20BrNO. The van der Waals surface area contributed by atoms with E-state index in [1.165, 1.54) is 0 Å². The molecule has 2 unspecified atom stereocenters. The molecule has 3 heteroatoms. The first-order valence-electron chi connectivity index (χ1n) is 5.63. The summed E-state index contributed by atoms with van der Waals surface area (Å²) >= 11 is 3.46. The number of hydrogen-bond donors (Lipinski definition) is 1. The lowest BCUT2D eigenvalue weighted by molar-refractivity contribution is 0.0221. The molecule has 1 aromatic rings. The van der Waals surface area contributed by atoms with Crippen molar-refractivity contribution in [1.29, 1.82) is 0 Å². The minimum atomic E-state index is -0.0279. The maximum atomic E-state index is 5.96. The van der Waals surface area contributed by atoms with Crippen molar-refractivity contribution in [1.82, 2.24) is 0 Å². The van der Waals surface area contributed by atoms with Crippen molar-refractivity contribution >= 4 is 15.9 Å². The first-order chi connectivity index (χ1) is 7.50. The minimum absolute atomic E-state index is 0.00644. The summed E-state index contributed by atoms with van der Waals surface area (Å²) in [5.74, 6) is 0.522. The van der Waals surface area contributed by atoms with Crippen LogP contribution < -0.4 is 5.73 Å². The Labute approximate surface area is 106 Å². The lowest BCUT2D eigenvalue weighted by Gasteiger charge is -2.23. The summed E-state index contributed by atoms with van der Waals surface area (Å²) in [6.07, 6.45) is -0.0279. The Hall–Kier alpha value is -0.380. The predicted molar refractivity (Wildman–Crippen MR) is 71.3 cm³/mol. The minimum Gasteiger partial charge on any atom is -0.372 e. The third-order valence-electron chi connectivity index (χ3n) is 2.26. The summed E-state index contributed by atoms with van der Waals surface area (Å²) in [6, 6.07) is 8.12. The maximum absolute atomic E-state index is 5.96. The van der Waals surface area contributed by atoms with Crippen molar-refractivity contribution in [2.24, 2.45) is 11.7 Å². The first-order valence-corrected chi connectivity index (χ1v) is 6.42. The van der Waals surface area contributed by atoms with Crippen LogP contribution in [-0.2, 0) is 4.74 Å². The first kappa shape index (κ1) is 13.7. The maximum Gasteiger partial charge on any atom is 0.0973 e. The fourth-order valence-electron chi connectivity index (χ4n) is 1.53. The molecule has 90 valence electrons. The van der Waals surface area contributed by atoms with Gasteiger partial charge in [0.05, 0.1) is 6.10 Å². The van der Waals surface area contributed by atoms with Gasteiger partial charge in [-0.3, -0.25) is 0 Å². The van der Waals surface area contributed by atoms with Crippen LogP contribution in [0.15, 0.2) is 28.7 Å². The second-order valence-corrected chi connectivity index (χ2v) is 5.48. The third kappa shape index (κ3) is 4.24. The van der Waals surface area contributed by atoms with Gasteiger partial charge in [-0.1, -0.05) is 41.9 Å². The summed E-state index contributed by atoms with van der Waals surface area (Å²) in [5.41, 5.74) is 7.09. The Kier molecular flexibility index (Phi) is 5.46. The normalized spacial score (nSPS) is 15.1. The van der Waals surface area contributed by atoms with Crippen LogP contribution >= 0.6 is 15.9 Å². The van der Waals surface area contributed by atoms with E-state index < -0.39 is 0 Å². The van der Waals surface area contributed by atoms with Gasteiger partial charge in [0.15, 0.2) is 0 Å². The molecule has 0 amide bonds. The van der Waals surface area contributed by atoms with E-state index in [4.69, 9.17) is 10.5 Å². The molecule has 0 radical (unpaired) electrons. The van der Waals surface area contributed by atoms with Gasteiger partial charge in [0.2, 0.25) is 0 Å². The van der Waals surface area contributed by atoms with E-state index in [2.05, 4.69) is 41.9 Å². The van der Waals surface area contributed by atoms with Crippen molar-refractivity contribution in [3.63, 3.8) is 0 Å². The van der Waals surface area contributed by atoms with E-state index in [9.17, 15) is 0 Å². The highest BCUT2D eigenvalue weighted by Gasteiger charge is 2.17. The van der Waals surface area contributed by atoms with Gasteiger partial charge in [0.25, 0.3) is 0 Å². The van der Waals surface area contributed by atoms with E-state index in [-0.39, 0.29) is 12.1 Å². The zero-order valence-electron chi connectivity index (χ0n) is 10.1. The molecule has 16 heavy (non-hydrogen) atoms. The molecule has 1 aromatic carbocycles. The highest BCUT2D eigenvalue weighted by molar-refractivity contribution is 9.10. The lowest BCUT2D eigenvalue weighted by Crippen LogP contribution is -2.28. The van der Waals surface area contributed by atoms with Gasteiger partial charge in [-0.15, -0.1) is 0 Å². The second kappa shape index (κ2) is 6.38. The number of ether oxygens (including phenoxy) is 1. The van der Waals surface area contributed by atoms with E-state index >= 15 is 0 Å². The van der Waals surface area contributed by atoms with Crippen LogP contribution in [0.25, 0.3) is 0 Å². The number of hydrogen-bond acceptors (Lipinski definition) is 2. The van der Waals surface area contributed by atoms with Gasteiger partial charge in [-0.25, -0.2) is 0 Å². The number of rotatable bonds is 5. The standard InChI is InChI=1S/C13H20BrNO/c1-9(2)8-16-13(10(3)15)11-5-4-6-12(14)7-11/h4-7,9-10,13H,8,15H2,1-3H3. The largest absolute Gasteiger partial charge is 0.372 e. The lowest BCUT2D eigenvalue weighted by atomic mass is 10.0. The molecule has 0 aromatic heterocycles. The number of benzene rings is 1. The number of nitrogens with two attached hydrogens (primary N) is 1. The van der Waals surface area contributed by atoms with Crippen molar-refractivity contribution < 1.29 is 4.74 Å². The topological polar surface area (TPSA) is 35.2 Å². The molecule has 0 fully saturated rings. The molecule has 0 aliphatic heterocycles. The molecule has 0 saturated heterocycles. The highest BCUT2D eigenvalue weighted by Crippen LogP contribution is 2.24. The average Bonchev–Trinajstić information content (AvgIpc) is 2.17. The molecule has 0 aliphatic carbocycles. The van der Waals surface area contributed by atoms with Crippen molar-refractivity contribution in [2.75, 3.05) is 6.61 Å². The SMILES string of the molecule is CC(C)COC(c1cccc(Br)c1)C(C)N. The van der Waals surface area contributed by atoms with Crippen LogP contribution in [0, 0.1) is 5.92 Å². The molecule has 0 aliphatic rings. The smallest absolute Gasteiger partial charge is 0.0973 e. The van der Waals surface area contributed by atoms with Crippen LogP contribution in [0.1, 0.15) is 32.4 Å². The van der Waals surface area contributed by atoms with Crippen LogP contribution in [0.3, 0.4) is 0 Å². The monoisotopic (exact) mass is 285 g/mol. The van der Waals surface area contributed by atoms with E-state index in [1.54, 1.807) is 0 Å². The molecule has 1 rings (SSSR count). The fraction of sp³-hybridized carbons (Fsp3) is 0.538. The van der Waals surface area contributed by atoms with Crippen LogP contribution in [0.4, 0.5) is 0 Å². The molecule has 2 N–H and O–H groups in total. The molecular weight excluding hydrogens is 266 g/mol. The molecule has 0 saturated carbocycles. The van der Waals surface area contributed by atoms with Crippen molar-refractivity contribution in [3.05, 3.63) is 34.3 Å². The van der Waals surface area contributed by atoms with Gasteiger partial charge in [0.1, 0.15) is 0 Å². The fourth-order valence-corrected chi connectivity index (χ4v) is 1.95. The molecule has 0 heterocycles. The average molecular weight is 286 g/mol. The van der Waals surface area contributed by atoms with E-state index in [1.807, 2.05) is 19.1 Å². The molecule has 2 atom stereocenters. The summed E-state index contributed by atoms with van der Waals surface area (Å²) < 4.78 is 6.92. The zero-order valence-corrected chi connectivity index (χ0v) is 11.7. The number of halogens is 1. The van der Waals surface area contributed by atoms with E-state index in [0.29, 0.717) is 5.92 Å². The summed E-state index contributed by atoms with van der Waals surface area (Å²) in [4.78, 5) is 0. The van der Waals surface area contributed by atoms with Crippen LogP contribution in [0.2, 0.25) is 0 Å². The Bertz CT molecular complexity index is 325. The van der Waals surface area contributed by atoms with Gasteiger partial charge in [-0.2, -0.15) is 0 Å². The van der Waals surface area contributed by atoms with Gasteiger partial charge in [0, 0.05) is 17.1 Å². The molecule has 0 spiro atoms. The van der Waals surface area contributed by atoms with Crippen LogP contribution in [-0.4, -0.2) is 12.6 Å². The van der Waals surface area contributed by atoms with Crippen molar-refractivity contribution in [3.8, 4) is 0 Å². The van der Waals surface area contributed by atoms with Gasteiger partial charge < -0.3 is 10.5 Å². The third-order valence-corrected chi connectivity index (χ3v) is 2.76. The molecule has 0 bridgehead atoms. The van der Waals surface area contributed by atoms with Gasteiger partial charge in [-0.05, 0) is 30.5 Å². The van der Waals surface area contributed by atoms with Crippen LogP contribution in [0.5, 0.6) is 0 Å². The molecule has 2 nitrogen and oxygen atoms in total. The summed E-state index contributed by atoms with van der Waals surface area (Å²) in [6.45, 7) is 6.99. The summed E-state index contributed by atoms with van der Waals surface area (Å²) in [5, 5.41) is 0. The highest BCUT2D eigenvalue weighted by atomic mass is 79.9. The summed E-state index contributed by atoms with van der Waals surface area (Å²) in [7, 11) is 0. The Morgan fingerprint density at radius 3 is 2.50 bits per heavy atom. The second-order valence-electron chi connectivity index (χ2n) is 4.56. The zero-order chi connectivity index (χ0) is 12.1. The Morgan fingerprint density at radius 1 is 1.31 bits per heavy atom. The van der Waals surface area contributed by atoms with E-state index in [0.717, 1.165) is 16.6 Å². The Balaban J connectivity index is 2.77. The van der Waals surface area contributed by atoms with Crippen molar-refractivity contribution in [2.45, 2.75) is 32.9 Å². The van der Waals surface area contributed by atoms with Gasteiger partial charge >= 0.3 is 0 Å². The Morgan fingerprint density at radius 2 is 2.00 bits per heavy atom. The predicted octanol–water partition coefficient (Wildman–Crippen LogP) is 3.51. The quantitative estimate of drug-likeness (QED) is 0.899.